The number of carbonyl (C=O) groups is 1. The second-order valence-corrected chi connectivity index (χ2v) is 8.75. The number of aromatic nitrogens is 3. The van der Waals surface area contributed by atoms with Crippen molar-refractivity contribution in [3.8, 4) is 0 Å². The van der Waals surface area contributed by atoms with E-state index in [4.69, 9.17) is 0 Å². The Labute approximate surface area is 176 Å². The fraction of sp³-hybridized carbons (Fsp3) is 0.391. The minimum atomic E-state index is -0.168. The maximum Gasteiger partial charge on any atom is 0.294 e. The monoisotopic (exact) mass is 405 g/mol. The fourth-order valence-electron chi connectivity index (χ4n) is 3.76. The molecule has 0 unspecified atom stereocenters. The van der Waals surface area contributed by atoms with Crippen LogP contribution in [0.4, 0.5) is 5.82 Å². The quantitative estimate of drug-likeness (QED) is 0.655. The van der Waals surface area contributed by atoms with Crippen LogP contribution in [0.1, 0.15) is 36.7 Å². The number of aryl methyl sites for hydroxylation is 1. The zero-order valence-electron chi connectivity index (χ0n) is 17.9. The van der Waals surface area contributed by atoms with E-state index < -0.39 is 0 Å². The van der Waals surface area contributed by atoms with E-state index >= 15 is 0 Å². The number of rotatable bonds is 2. The van der Waals surface area contributed by atoms with Gasteiger partial charge >= 0.3 is 0 Å². The molecule has 1 aromatic carbocycles. The molecular weight excluding hydrogens is 378 g/mol. The molecule has 4 rings (SSSR count). The molecule has 30 heavy (non-hydrogen) atoms. The van der Waals surface area contributed by atoms with Crippen LogP contribution in [-0.2, 0) is 12.5 Å². The molecule has 0 aliphatic carbocycles. The van der Waals surface area contributed by atoms with Gasteiger partial charge < -0.3 is 9.80 Å². The molecule has 0 saturated carbocycles. The van der Waals surface area contributed by atoms with Gasteiger partial charge in [-0.3, -0.25) is 14.2 Å². The van der Waals surface area contributed by atoms with Gasteiger partial charge in [0.25, 0.3) is 11.5 Å². The summed E-state index contributed by atoms with van der Waals surface area (Å²) in [4.78, 5) is 38.3. The Morgan fingerprint density at radius 1 is 1.00 bits per heavy atom. The third kappa shape index (κ3) is 3.67. The lowest BCUT2D eigenvalue weighted by Crippen LogP contribution is -2.50. The van der Waals surface area contributed by atoms with Crippen LogP contribution in [0.3, 0.4) is 0 Å². The van der Waals surface area contributed by atoms with Gasteiger partial charge in [0, 0.05) is 45.0 Å². The van der Waals surface area contributed by atoms with E-state index in [-0.39, 0.29) is 16.9 Å². The van der Waals surface area contributed by atoms with Crippen LogP contribution >= 0.6 is 0 Å². The molecule has 1 fully saturated rings. The van der Waals surface area contributed by atoms with Gasteiger partial charge in [-0.05, 0) is 35.2 Å². The number of benzene rings is 1. The Bertz CT molecular complexity index is 1140. The van der Waals surface area contributed by atoms with Crippen molar-refractivity contribution < 1.29 is 4.79 Å². The van der Waals surface area contributed by atoms with Gasteiger partial charge in [-0.1, -0.05) is 32.9 Å². The highest BCUT2D eigenvalue weighted by Gasteiger charge is 2.25. The molecule has 0 atom stereocenters. The molecule has 1 aliphatic heterocycles. The molecular formula is C23H27N5O2. The molecule has 3 heterocycles. The number of fused-ring (bicyclic) bond motifs is 1. The van der Waals surface area contributed by atoms with Gasteiger partial charge in [0.15, 0.2) is 11.5 Å². The highest BCUT2D eigenvalue weighted by atomic mass is 16.2. The van der Waals surface area contributed by atoms with E-state index in [1.807, 2.05) is 46.2 Å². The summed E-state index contributed by atoms with van der Waals surface area (Å²) < 4.78 is 1.53. The van der Waals surface area contributed by atoms with E-state index in [9.17, 15) is 9.59 Å². The standard InChI is InChI=1S/C23H27N5O2/c1-23(2,3)17-9-7-16(8-10-17)21(29)28-14-12-27(13-15-28)20-22(30)26(4)19-18(25-20)6-5-11-24-19/h5-11H,12-15H2,1-4H3. The lowest BCUT2D eigenvalue weighted by Gasteiger charge is -2.35. The number of pyridine rings is 1. The topological polar surface area (TPSA) is 71.3 Å². The third-order valence-electron chi connectivity index (χ3n) is 5.67. The van der Waals surface area contributed by atoms with Crippen molar-refractivity contribution in [3.63, 3.8) is 0 Å². The van der Waals surface area contributed by atoms with Gasteiger partial charge in [-0.15, -0.1) is 0 Å². The summed E-state index contributed by atoms with van der Waals surface area (Å²) in [7, 11) is 1.71. The second-order valence-electron chi connectivity index (χ2n) is 8.75. The Kier molecular flexibility index (Phi) is 5.05. The predicted octanol–water partition coefficient (Wildman–Crippen LogP) is 2.59. The first kappa shape index (κ1) is 20.1. The molecule has 0 spiro atoms. The van der Waals surface area contributed by atoms with Crippen molar-refractivity contribution in [1.29, 1.82) is 0 Å². The molecule has 2 aromatic heterocycles. The van der Waals surface area contributed by atoms with Crippen molar-refractivity contribution >= 4 is 22.9 Å². The first-order valence-electron chi connectivity index (χ1n) is 10.2. The van der Waals surface area contributed by atoms with E-state index in [0.717, 1.165) is 0 Å². The van der Waals surface area contributed by atoms with Crippen molar-refractivity contribution in [2.24, 2.45) is 7.05 Å². The van der Waals surface area contributed by atoms with Gasteiger partial charge in [0.1, 0.15) is 5.52 Å². The Hall–Kier alpha value is -3.22. The molecule has 156 valence electrons. The Morgan fingerprint density at radius 2 is 1.67 bits per heavy atom. The number of hydrogen-bond acceptors (Lipinski definition) is 5. The van der Waals surface area contributed by atoms with Crippen LogP contribution in [0, 0.1) is 0 Å². The lowest BCUT2D eigenvalue weighted by atomic mass is 9.86. The number of hydrogen-bond donors (Lipinski definition) is 0. The largest absolute Gasteiger partial charge is 0.348 e. The van der Waals surface area contributed by atoms with E-state index in [0.29, 0.717) is 48.7 Å². The van der Waals surface area contributed by atoms with Gasteiger partial charge in [0.05, 0.1) is 0 Å². The molecule has 1 saturated heterocycles. The Balaban J connectivity index is 1.49. The summed E-state index contributed by atoms with van der Waals surface area (Å²) in [6.07, 6.45) is 1.65. The highest BCUT2D eigenvalue weighted by Crippen LogP contribution is 2.23. The van der Waals surface area contributed by atoms with Crippen LogP contribution in [-0.4, -0.2) is 51.5 Å². The molecule has 1 aliphatic rings. The van der Waals surface area contributed by atoms with Gasteiger partial charge in [-0.2, -0.15) is 0 Å². The zero-order valence-corrected chi connectivity index (χ0v) is 17.9. The van der Waals surface area contributed by atoms with E-state index in [1.165, 1.54) is 10.1 Å². The van der Waals surface area contributed by atoms with Gasteiger partial charge in [-0.25, -0.2) is 9.97 Å². The number of amides is 1. The molecule has 7 nitrogen and oxygen atoms in total. The number of nitrogens with zero attached hydrogens (tertiary/aromatic N) is 5. The minimum Gasteiger partial charge on any atom is -0.348 e. The smallest absolute Gasteiger partial charge is 0.294 e. The maximum atomic E-state index is 12.9. The molecule has 1 amide bonds. The summed E-state index contributed by atoms with van der Waals surface area (Å²) in [5.41, 5.74) is 3.05. The van der Waals surface area contributed by atoms with Crippen LogP contribution < -0.4 is 10.5 Å². The first-order valence-corrected chi connectivity index (χ1v) is 10.2. The molecule has 0 bridgehead atoms. The molecule has 7 heteroatoms. The van der Waals surface area contributed by atoms with E-state index in [2.05, 4.69) is 30.7 Å². The number of anilines is 1. The van der Waals surface area contributed by atoms with Gasteiger partial charge in [0.2, 0.25) is 0 Å². The van der Waals surface area contributed by atoms with Crippen molar-refractivity contribution in [1.82, 2.24) is 19.4 Å². The summed E-state index contributed by atoms with van der Waals surface area (Å²) in [5.74, 6) is 0.443. The zero-order chi connectivity index (χ0) is 21.5. The normalized spacial score (nSPS) is 14.9. The Morgan fingerprint density at radius 3 is 2.30 bits per heavy atom. The number of carbonyl (C=O) groups excluding carboxylic acids is 1. The first-order chi connectivity index (χ1) is 14.3. The fourth-order valence-corrected chi connectivity index (χ4v) is 3.76. The summed E-state index contributed by atoms with van der Waals surface area (Å²) >= 11 is 0. The SMILES string of the molecule is Cn1c(=O)c(N2CCN(C(=O)c3ccc(C(C)(C)C)cc3)CC2)nc2cccnc21. The van der Waals surface area contributed by atoms with Crippen LogP contribution in [0.2, 0.25) is 0 Å². The van der Waals surface area contributed by atoms with Crippen molar-refractivity contribution in [3.05, 3.63) is 64.1 Å². The van der Waals surface area contributed by atoms with Crippen molar-refractivity contribution in [2.75, 3.05) is 31.1 Å². The van der Waals surface area contributed by atoms with E-state index in [1.54, 1.807) is 13.2 Å². The third-order valence-corrected chi connectivity index (χ3v) is 5.67. The average Bonchev–Trinajstić information content (AvgIpc) is 2.75. The summed E-state index contributed by atoms with van der Waals surface area (Å²) in [5, 5.41) is 0. The second kappa shape index (κ2) is 7.55. The highest BCUT2D eigenvalue weighted by molar-refractivity contribution is 5.94. The van der Waals surface area contributed by atoms with Crippen LogP contribution in [0.5, 0.6) is 0 Å². The van der Waals surface area contributed by atoms with Crippen LogP contribution in [0.15, 0.2) is 47.4 Å². The predicted molar refractivity (Wildman–Crippen MR) is 118 cm³/mol. The lowest BCUT2D eigenvalue weighted by molar-refractivity contribution is 0.0746. The van der Waals surface area contributed by atoms with Crippen molar-refractivity contribution in [2.45, 2.75) is 26.2 Å². The summed E-state index contributed by atoms with van der Waals surface area (Å²) in [6.45, 7) is 8.71. The average molecular weight is 406 g/mol. The molecule has 3 aromatic rings. The minimum absolute atomic E-state index is 0.0266. The number of piperazine rings is 1. The molecule has 0 radical (unpaired) electrons. The summed E-state index contributed by atoms with van der Waals surface area (Å²) in [6, 6.07) is 11.5. The maximum absolute atomic E-state index is 12.9. The van der Waals surface area contributed by atoms with Crippen LogP contribution in [0.25, 0.3) is 11.2 Å². The molecule has 0 N–H and O–H groups in total.